The molecular formula is C22H23N5O3. The summed E-state index contributed by atoms with van der Waals surface area (Å²) >= 11 is 0. The maximum atomic E-state index is 12.8. The van der Waals surface area contributed by atoms with Gasteiger partial charge in [0.2, 0.25) is 0 Å². The molecule has 8 nitrogen and oxygen atoms in total. The number of aryl methyl sites for hydroxylation is 1. The van der Waals surface area contributed by atoms with E-state index >= 15 is 0 Å². The fourth-order valence-electron chi connectivity index (χ4n) is 3.42. The Kier molecular flexibility index (Phi) is 5.74. The van der Waals surface area contributed by atoms with Crippen LogP contribution in [0.5, 0.6) is 0 Å². The fourth-order valence-corrected chi connectivity index (χ4v) is 3.42. The molecular weight excluding hydrogens is 382 g/mol. The molecule has 3 aromatic rings. The number of pyridine rings is 2. The SMILES string of the molecule is Cc1ccc(C(=O)NCc2cccnc2)c(N2CCN(C(=O)c3ccco3)CC2)n1. The Bertz CT molecular complexity index is 1010. The molecule has 0 spiro atoms. The molecule has 1 aliphatic heterocycles. The van der Waals surface area contributed by atoms with Crippen molar-refractivity contribution in [1.82, 2.24) is 20.2 Å². The number of amides is 2. The van der Waals surface area contributed by atoms with Crippen LogP contribution in [0.4, 0.5) is 5.82 Å². The zero-order valence-corrected chi connectivity index (χ0v) is 16.7. The summed E-state index contributed by atoms with van der Waals surface area (Å²) in [6.45, 7) is 4.54. The molecule has 0 unspecified atom stereocenters. The van der Waals surface area contributed by atoms with E-state index in [1.807, 2.05) is 25.1 Å². The predicted octanol–water partition coefficient (Wildman–Crippen LogP) is 2.27. The van der Waals surface area contributed by atoms with Gasteiger partial charge in [-0.25, -0.2) is 4.98 Å². The van der Waals surface area contributed by atoms with Crippen LogP contribution < -0.4 is 10.2 Å². The number of carbonyl (C=O) groups is 2. The first-order valence-electron chi connectivity index (χ1n) is 9.84. The van der Waals surface area contributed by atoms with Gasteiger partial charge in [-0.1, -0.05) is 6.07 Å². The number of nitrogens with one attached hydrogen (secondary N) is 1. The minimum Gasteiger partial charge on any atom is -0.459 e. The first kappa shape index (κ1) is 19.6. The molecule has 1 saturated heterocycles. The molecule has 30 heavy (non-hydrogen) atoms. The summed E-state index contributed by atoms with van der Waals surface area (Å²) in [6, 6.07) is 10.8. The lowest BCUT2D eigenvalue weighted by Gasteiger charge is -2.35. The number of rotatable bonds is 5. The van der Waals surface area contributed by atoms with Gasteiger partial charge in [0.25, 0.3) is 11.8 Å². The lowest BCUT2D eigenvalue weighted by molar-refractivity contribution is 0.0713. The second kappa shape index (κ2) is 8.77. The van der Waals surface area contributed by atoms with Gasteiger partial charge < -0.3 is 19.5 Å². The lowest BCUT2D eigenvalue weighted by Crippen LogP contribution is -2.49. The fraction of sp³-hybridized carbons (Fsp3) is 0.273. The second-order valence-electron chi connectivity index (χ2n) is 7.12. The van der Waals surface area contributed by atoms with Crippen LogP contribution in [-0.2, 0) is 6.54 Å². The topological polar surface area (TPSA) is 91.6 Å². The van der Waals surface area contributed by atoms with Crippen LogP contribution in [0, 0.1) is 6.92 Å². The van der Waals surface area contributed by atoms with E-state index < -0.39 is 0 Å². The molecule has 0 radical (unpaired) electrons. The number of piperazine rings is 1. The van der Waals surface area contributed by atoms with Crippen LogP contribution in [0.2, 0.25) is 0 Å². The highest BCUT2D eigenvalue weighted by Crippen LogP contribution is 2.21. The van der Waals surface area contributed by atoms with Crippen LogP contribution in [0.25, 0.3) is 0 Å². The third-order valence-corrected chi connectivity index (χ3v) is 5.03. The summed E-state index contributed by atoms with van der Waals surface area (Å²) in [7, 11) is 0. The Morgan fingerprint density at radius 2 is 1.93 bits per heavy atom. The lowest BCUT2D eigenvalue weighted by atomic mass is 10.1. The zero-order chi connectivity index (χ0) is 20.9. The van der Waals surface area contributed by atoms with E-state index in [0.29, 0.717) is 49.9 Å². The highest BCUT2D eigenvalue weighted by atomic mass is 16.3. The average molecular weight is 405 g/mol. The molecule has 4 heterocycles. The maximum absolute atomic E-state index is 12.8. The highest BCUT2D eigenvalue weighted by Gasteiger charge is 2.26. The standard InChI is InChI=1S/C22H23N5O3/c1-16-6-7-18(21(28)24-15-17-4-2-8-23-14-17)20(25-16)26-9-11-27(12-10-26)22(29)19-5-3-13-30-19/h2-8,13-14H,9-12,15H2,1H3,(H,24,28). The summed E-state index contributed by atoms with van der Waals surface area (Å²) in [5.41, 5.74) is 2.29. The normalized spacial score (nSPS) is 13.9. The molecule has 3 aromatic heterocycles. The van der Waals surface area contributed by atoms with E-state index in [4.69, 9.17) is 4.42 Å². The second-order valence-corrected chi connectivity index (χ2v) is 7.12. The summed E-state index contributed by atoms with van der Waals surface area (Å²) in [5, 5.41) is 2.94. The molecule has 0 aromatic carbocycles. The number of hydrogen-bond acceptors (Lipinski definition) is 6. The van der Waals surface area contributed by atoms with Crippen LogP contribution in [0.3, 0.4) is 0 Å². The number of hydrogen-bond donors (Lipinski definition) is 1. The summed E-state index contributed by atoms with van der Waals surface area (Å²) in [6.07, 6.45) is 4.92. The minimum absolute atomic E-state index is 0.119. The Hall–Kier alpha value is -3.68. The molecule has 1 fully saturated rings. The van der Waals surface area contributed by atoms with Crippen LogP contribution in [-0.4, -0.2) is 52.9 Å². The molecule has 154 valence electrons. The average Bonchev–Trinajstić information content (AvgIpc) is 3.33. The van der Waals surface area contributed by atoms with E-state index in [9.17, 15) is 9.59 Å². The molecule has 0 aliphatic carbocycles. The van der Waals surface area contributed by atoms with Crippen molar-refractivity contribution in [3.8, 4) is 0 Å². The van der Waals surface area contributed by atoms with Crippen molar-refractivity contribution in [2.24, 2.45) is 0 Å². The minimum atomic E-state index is -0.185. The van der Waals surface area contributed by atoms with E-state index in [1.54, 1.807) is 35.5 Å². The first-order valence-corrected chi connectivity index (χ1v) is 9.84. The molecule has 2 amide bonds. The van der Waals surface area contributed by atoms with Crippen LogP contribution >= 0.6 is 0 Å². The van der Waals surface area contributed by atoms with Gasteiger partial charge in [-0.05, 0) is 42.8 Å². The number of nitrogens with zero attached hydrogens (tertiary/aromatic N) is 4. The van der Waals surface area contributed by atoms with Gasteiger partial charge in [-0.15, -0.1) is 0 Å². The molecule has 8 heteroatoms. The Labute approximate surface area is 174 Å². The van der Waals surface area contributed by atoms with Gasteiger partial charge in [0.15, 0.2) is 5.76 Å². The van der Waals surface area contributed by atoms with Crippen molar-refractivity contribution in [3.05, 3.63) is 77.6 Å². The number of aromatic nitrogens is 2. The van der Waals surface area contributed by atoms with Crippen molar-refractivity contribution in [2.75, 3.05) is 31.1 Å². The first-order chi connectivity index (χ1) is 14.6. The number of anilines is 1. The van der Waals surface area contributed by atoms with Gasteiger partial charge in [-0.3, -0.25) is 14.6 Å². The maximum Gasteiger partial charge on any atom is 0.289 e. The van der Waals surface area contributed by atoms with Crippen molar-refractivity contribution >= 4 is 17.6 Å². The Morgan fingerprint density at radius 1 is 1.10 bits per heavy atom. The van der Waals surface area contributed by atoms with Crippen LogP contribution in [0.15, 0.2) is 59.5 Å². The van der Waals surface area contributed by atoms with Gasteiger partial charge >= 0.3 is 0 Å². The Morgan fingerprint density at radius 3 is 2.63 bits per heavy atom. The van der Waals surface area contributed by atoms with E-state index in [0.717, 1.165) is 11.3 Å². The number of furan rings is 1. The van der Waals surface area contributed by atoms with Gasteiger partial charge in [0.1, 0.15) is 5.82 Å². The smallest absolute Gasteiger partial charge is 0.289 e. The third kappa shape index (κ3) is 4.32. The van der Waals surface area contributed by atoms with Crippen molar-refractivity contribution in [2.45, 2.75) is 13.5 Å². The predicted molar refractivity (Wildman–Crippen MR) is 111 cm³/mol. The van der Waals surface area contributed by atoms with Crippen molar-refractivity contribution in [1.29, 1.82) is 0 Å². The van der Waals surface area contributed by atoms with E-state index in [1.165, 1.54) is 6.26 Å². The van der Waals surface area contributed by atoms with E-state index in [-0.39, 0.29) is 11.8 Å². The van der Waals surface area contributed by atoms with Gasteiger partial charge in [-0.2, -0.15) is 0 Å². The Balaban J connectivity index is 1.44. The molecule has 0 atom stereocenters. The summed E-state index contributed by atoms with van der Waals surface area (Å²) < 4.78 is 5.22. The largest absolute Gasteiger partial charge is 0.459 e. The molecule has 1 aliphatic rings. The van der Waals surface area contributed by atoms with Crippen molar-refractivity contribution < 1.29 is 14.0 Å². The molecule has 0 bridgehead atoms. The van der Waals surface area contributed by atoms with Gasteiger partial charge in [0.05, 0.1) is 11.8 Å². The van der Waals surface area contributed by atoms with E-state index in [2.05, 4.69) is 20.2 Å². The molecule has 1 N–H and O–H groups in total. The molecule has 4 rings (SSSR count). The van der Waals surface area contributed by atoms with Gasteiger partial charge in [0, 0.05) is 50.8 Å². The quantitative estimate of drug-likeness (QED) is 0.700. The zero-order valence-electron chi connectivity index (χ0n) is 16.7. The summed E-state index contributed by atoms with van der Waals surface area (Å²) in [5.74, 6) is 0.679. The summed E-state index contributed by atoms with van der Waals surface area (Å²) in [4.78, 5) is 37.8. The van der Waals surface area contributed by atoms with Crippen LogP contribution in [0.1, 0.15) is 32.2 Å². The monoisotopic (exact) mass is 405 g/mol. The molecule has 0 saturated carbocycles. The van der Waals surface area contributed by atoms with Crippen molar-refractivity contribution in [3.63, 3.8) is 0 Å². The third-order valence-electron chi connectivity index (χ3n) is 5.03. The highest BCUT2D eigenvalue weighted by molar-refractivity contribution is 5.99. The number of carbonyl (C=O) groups excluding carboxylic acids is 2.